The molecule has 134 valence electrons. The number of hydrogen-bond donors (Lipinski definition) is 1. The van der Waals surface area contributed by atoms with Crippen LogP contribution in [0.4, 0.5) is 5.82 Å². The van der Waals surface area contributed by atoms with Gasteiger partial charge in [0, 0.05) is 54.7 Å². The highest BCUT2D eigenvalue weighted by atomic mass is 35.5. The molecule has 1 saturated heterocycles. The minimum Gasteiger partial charge on any atom is -0.354 e. The van der Waals surface area contributed by atoms with Crippen LogP contribution in [0.15, 0.2) is 48.8 Å². The van der Waals surface area contributed by atoms with Crippen molar-refractivity contribution in [2.24, 2.45) is 0 Å². The Balaban J connectivity index is 1.49. The number of anilines is 1. The largest absolute Gasteiger partial charge is 0.354 e. The van der Waals surface area contributed by atoms with Gasteiger partial charge in [-0.2, -0.15) is 0 Å². The van der Waals surface area contributed by atoms with E-state index in [1.165, 1.54) is 0 Å². The van der Waals surface area contributed by atoms with Gasteiger partial charge in [0.25, 0.3) is 0 Å². The Morgan fingerprint density at radius 3 is 2.62 bits per heavy atom. The summed E-state index contributed by atoms with van der Waals surface area (Å²) in [6.07, 6.45) is 3.79. The molecule has 0 aliphatic carbocycles. The highest BCUT2D eigenvalue weighted by Crippen LogP contribution is 2.25. The summed E-state index contributed by atoms with van der Waals surface area (Å²) < 4.78 is 0. The van der Waals surface area contributed by atoms with E-state index >= 15 is 0 Å². The third-order valence-corrected chi connectivity index (χ3v) is 5.10. The first kappa shape index (κ1) is 17.1. The number of imidazole rings is 1. The van der Waals surface area contributed by atoms with Crippen molar-refractivity contribution >= 4 is 17.4 Å². The fourth-order valence-electron chi connectivity index (χ4n) is 3.27. The van der Waals surface area contributed by atoms with Gasteiger partial charge in [-0.3, -0.25) is 0 Å². The second-order valence-corrected chi connectivity index (χ2v) is 6.91. The van der Waals surface area contributed by atoms with Crippen LogP contribution in [0.1, 0.15) is 6.92 Å². The third kappa shape index (κ3) is 3.59. The molecule has 0 bridgehead atoms. The fourth-order valence-corrected chi connectivity index (χ4v) is 3.46. The molecule has 1 fully saturated rings. The van der Waals surface area contributed by atoms with E-state index in [1.807, 2.05) is 36.7 Å². The smallest absolute Gasteiger partial charge is 0.139 e. The van der Waals surface area contributed by atoms with Crippen molar-refractivity contribution in [1.82, 2.24) is 19.9 Å². The van der Waals surface area contributed by atoms with Gasteiger partial charge >= 0.3 is 0 Å². The number of hydrogen-bond acceptors (Lipinski definition) is 4. The lowest BCUT2D eigenvalue weighted by Gasteiger charge is -2.34. The first-order valence-electron chi connectivity index (χ1n) is 8.98. The van der Waals surface area contributed by atoms with E-state index in [0.29, 0.717) is 5.02 Å². The zero-order chi connectivity index (χ0) is 17.9. The molecule has 5 nitrogen and oxygen atoms in total. The number of aromatic amines is 1. The molecule has 2 aromatic heterocycles. The van der Waals surface area contributed by atoms with E-state index in [0.717, 1.165) is 61.2 Å². The molecule has 0 atom stereocenters. The summed E-state index contributed by atoms with van der Waals surface area (Å²) in [5.74, 6) is 1.85. The molecule has 3 heterocycles. The van der Waals surface area contributed by atoms with Crippen LogP contribution in [-0.4, -0.2) is 52.6 Å². The molecule has 0 radical (unpaired) electrons. The van der Waals surface area contributed by atoms with Crippen LogP contribution in [0.3, 0.4) is 0 Å². The Bertz CT molecular complexity index is 866. The molecule has 1 aromatic carbocycles. The van der Waals surface area contributed by atoms with Crippen LogP contribution in [0.2, 0.25) is 5.02 Å². The molecule has 0 amide bonds. The van der Waals surface area contributed by atoms with Gasteiger partial charge in [-0.1, -0.05) is 30.7 Å². The molecular weight excluding hydrogens is 346 g/mol. The number of nitrogens with zero attached hydrogens (tertiary/aromatic N) is 4. The average molecular weight is 368 g/mol. The predicted octanol–water partition coefficient (Wildman–Crippen LogP) is 3.93. The first-order chi connectivity index (χ1) is 12.7. The summed E-state index contributed by atoms with van der Waals surface area (Å²) in [4.78, 5) is 17.4. The van der Waals surface area contributed by atoms with Gasteiger partial charge in [0.1, 0.15) is 11.6 Å². The molecule has 0 spiro atoms. The molecule has 1 N–H and O–H groups in total. The van der Waals surface area contributed by atoms with E-state index in [1.54, 1.807) is 0 Å². The van der Waals surface area contributed by atoms with Crippen molar-refractivity contribution in [2.75, 3.05) is 37.6 Å². The molecule has 6 heteroatoms. The number of halogens is 1. The summed E-state index contributed by atoms with van der Waals surface area (Å²) in [6, 6.07) is 11.9. The maximum atomic E-state index is 6.07. The van der Waals surface area contributed by atoms with E-state index in [2.05, 4.69) is 43.8 Å². The lowest BCUT2D eigenvalue weighted by Crippen LogP contribution is -2.46. The molecule has 26 heavy (non-hydrogen) atoms. The van der Waals surface area contributed by atoms with Crippen molar-refractivity contribution in [1.29, 1.82) is 0 Å². The molecule has 0 unspecified atom stereocenters. The number of nitrogens with one attached hydrogen (secondary N) is 1. The number of rotatable bonds is 4. The zero-order valence-corrected chi connectivity index (χ0v) is 15.6. The molecular formula is C20H22ClN5. The van der Waals surface area contributed by atoms with Gasteiger partial charge in [-0.15, -0.1) is 0 Å². The first-order valence-corrected chi connectivity index (χ1v) is 9.36. The van der Waals surface area contributed by atoms with Crippen molar-refractivity contribution in [2.45, 2.75) is 6.92 Å². The summed E-state index contributed by atoms with van der Waals surface area (Å²) in [5.41, 5.74) is 2.86. The lowest BCUT2D eigenvalue weighted by molar-refractivity contribution is 0.270. The van der Waals surface area contributed by atoms with Gasteiger partial charge in [-0.25, -0.2) is 9.97 Å². The minimum atomic E-state index is 0.709. The van der Waals surface area contributed by atoms with Crippen LogP contribution >= 0.6 is 11.6 Å². The number of piperazine rings is 1. The Hall–Kier alpha value is -2.37. The molecule has 3 aromatic rings. The molecule has 0 saturated carbocycles. The number of aromatic nitrogens is 3. The van der Waals surface area contributed by atoms with Crippen LogP contribution < -0.4 is 4.90 Å². The van der Waals surface area contributed by atoms with Crippen LogP contribution in [-0.2, 0) is 0 Å². The Labute approximate surface area is 158 Å². The van der Waals surface area contributed by atoms with E-state index in [4.69, 9.17) is 11.6 Å². The molecule has 1 aliphatic rings. The standard InChI is InChI=1S/C20H22ClN5/c1-2-25-8-10-26(11-9-25)19-7-6-16(13-22-19)20-23-14-18(24-20)15-4-3-5-17(21)12-15/h3-7,12-14H,2,8-11H2,1H3,(H,23,24). The van der Waals surface area contributed by atoms with Gasteiger partial charge in [0.15, 0.2) is 0 Å². The second kappa shape index (κ2) is 7.48. The van der Waals surface area contributed by atoms with Gasteiger partial charge in [0.05, 0.1) is 5.69 Å². The topological polar surface area (TPSA) is 48.0 Å². The van der Waals surface area contributed by atoms with E-state index < -0.39 is 0 Å². The summed E-state index contributed by atoms with van der Waals surface area (Å²) in [5, 5.41) is 0.709. The van der Waals surface area contributed by atoms with Crippen molar-refractivity contribution in [3.05, 3.63) is 53.8 Å². The predicted molar refractivity (Wildman–Crippen MR) is 107 cm³/mol. The third-order valence-electron chi connectivity index (χ3n) is 4.86. The van der Waals surface area contributed by atoms with Crippen LogP contribution in [0.25, 0.3) is 22.6 Å². The highest BCUT2D eigenvalue weighted by Gasteiger charge is 2.17. The van der Waals surface area contributed by atoms with Crippen molar-refractivity contribution in [3.8, 4) is 22.6 Å². The Morgan fingerprint density at radius 1 is 1.08 bits per heavy atom. The Kier molecular flexibility index (Phi) is 4.91. The number of likely N-dealkylation sites (N-methyl/N-ethyl adjacent to an activating group) is 1. The molecule has 1 aliphatic heterocycles. The van der Waals surface area contributed by atoms with Crippen molar-refractivity contribution < 1.29 is 0 Å². The maximum Gasteiger partial charge on any atom is 0.139 e. The van der Waals surface area contributed by atoms with Gasteiger partial charge < -0.3 is 14.8 Å². The van der Waals surface area contributed by atoms with Gasteiger partial charge in [-0.05, 0) is 30.8 Å². The number of benzene rings is 1. The van der Waals surface area contributed by atoms with Crippen LogP contribution in [0.5, 0.6) is 0 Å². The summed E-state index contributed by atoms with van der Waals surface area (Å²) in [6.45, 7) is 7.58. The number of pyridine rings is 1. The average Bonchev–Trinajstić information content (AvgIpc) is 3.18. The van der Waals surface area contributed by atoms with Crippen LogP contribution in [0, 0.1) is 0 Å². The highest BCUT2D eigenvalue weighted by molar-refractivity contribution is 6.30. The zero-order valence-electron chi connectivity index (χ0n) is 14.8. The van der Waals surface area contributed by atoms with Crippen molar-refractivity contribution in [3.63, 3.8) is 0 Å². The lowest BCUT2D eigenvalue weighted by atomic mass is 10.2. The summed E-state index contributed by atoms with van der Waals surface area (Å²) >= 11 is 6.07. The second-order valence-electron chi connectivity index (χ2n) is 6.47. The quantitative estimate of drug-likeness (QED) is 0.758. The molecule has 4 rings (SSSR count). The minimum absolute atomic E-state index is 0.709. The summed E-state index contributed by atoms with van der Waals surface area (Å²) in [7, 11) is 0. The maximum absolute atomic E-state index is 6.07. The van der Waals surface area contributed by atoms with Gasteiger partial charge in [0.2, 0.25) is 0 Å². The fraction of sp³-hybridized carbons (Fsp3) is 0.300. The number of H-pyrrole nitrogens is 1. The van der Waals surface area contributed by atoms with E-state index in [9.17, 15) is 0 Å². The normalized spacial score (nSPS) is 15.4. The SMILES string of the molecule is CCN1CCN(c2ccc(-c3nc(-c4cccc(Cl)c4)c[nH]3)cn2)CC1. The Morgan fingerprint density at radius 2 is 1.92 bits per heavy atom. The monoisotopic (exact) mass is 367 g/mol. The van der Waals surface area contributed by atoms with E-state index in [-0.39, 0.29) is 0 Å².